The van der Waals surface area contributed by atoms with Crippen molar-refractivity contribution in [1.29, 1.82) is 0 Å². The van der Waals surface area contributed by atoms with Crippen LogP contribution < -0.4 is 4.31 Å². The lowest BCUT2D eigenvalue weighted by atomic mass is 9.95. The maximum Gasteiger partial charge on any atom is 0.264 e. The van der Waals surface area contributed by atoms with Crippen LogP contribution in [0.2, 0.25) is 0 Å². The average molecular weight is 503 g/mol. The van der Waals surface area contributed by atoms with Gasteiger partial charge in [-0.2, -0.15) is 0 Å². The molecule has 1 saturated heterocycles. The molecule has 0 radical (unpaired) electrons. The zero-order valence-corrected chi connectivity index (χ0v) is 22.2. The fourth-order valence-electron chi connectivity index (χ4n) is 5.08. The molecule has 1 aliphatic heterocycles. The van der Waals surface area contributed by atoms with E-state index in [0.717, 1.165) is 42.9 Å². The van der Waals surface area contributed by atoms with Crippen LogP contribution in [0.25, 0.3) is 11.0 Å². The van der Waals surface area contributed by atoms with Crippen LogP contribution in [0.5, 0.6) is 0 Å². The third-order valence-corrected chi connectivity index (χ3v) is 8.77. The molecule has 36 heavy (non-hydrogen) atoms. The van der Waals surface area contributed by atoms with Crippen molar-refractivity contribution in [3.63, 3.8) is 0 Å². The fraction of sp³-hybridized carbons (Fsp3) is 0.345. The Balaban J connectivity index is 1.48. The molecule has 1 fully saturated rings. The molecule has 1 aromatic heterocycles. The molecule has 3 aromatic carbocycles. The van der Waals surface area contributed by atoms with E-state index in [0.29, 0.717) is 11.7 Å². The van der Waals surface area contributed by atoms with E-state index in [1.54, 1.807) is 31.3 Å². The van der Waals surface area contributed by atoms with Crippen molar-refractivity contribution in [1.82, 2.24) is 14.5 Å². The predicted molar refractivity (Wildman–Crippen MR) is 146 cm³/mol. The third-order valence-electron chi connectivity index (χ3n) is 6.97. The number of fused-ring (bicyclic) bond motifs is 1. The lowest BCUT2D eigenvalue weighted by Crippen LogP contribution is -2.26. The highest BCUT2D eigenvalue weighted by Crippen LogP contribution is 2.35. The number of aromatic nitrogens is 2. The first-order valence-electron chi connectivity index (χ1n) is 12.5. The molecular weight excluding hydrogens is 468 g/mol. The van der Waals surface area contributed by atoms with Gasteiger partial charge in [0.1, 0.15) is 5.82 Å². The normalized spacial score (nSPS) is 17.1. The van der Waals surface area contributed by atoms with E-state index in [4.69, 9.17) is 4.98 Å². The molecule has 0 spiro atoms. The second kappa shape index (κ2) is 9.37. The minimum absolute atomic E-state index is 0.145. The van der Waals surface area contributed by atoms with E-state index < -0.39 is 10.0 Å². The predicted octanol–water partition coefficient (Wildman–Crippen LogP) is 5.61. The molecule has 2 heterocycles. The Kier molecular flexibility index (Phi) is 6.39. The van der Waals surface area contributed by atoms with Crippen molar-refractivity contribution in [2.24, 2.45) is 0 Å². The van der Waals surface area contributed by atoms with E-state index in [-0.39, 0.29) is 10.3 Å². The number of nitrogens with zero attached hydrogens (tertiary/aromatic N) is 4. The zero-order valence-electron chi connectivity index (χ0n) is 21.4. The minimum atomic E-state index is -3.65. The van der Waals surface area contributed by atoms with Gasteiger partial charge in [0.05, 0.1) is 21.6 Å². The van der Waals surface area contributed by atoms with Crippen molar-refractivity contribution in [2.45, 2.75) is 50.1 Å². The number of rotatable bonds is 6. The maximum atomic E-state index is 13.2. The molecule has 6 nitrogen and oxygen atoms in total. The minimum Gasteiger partial charge on any atom is -0.323 e. The first-order chi connectivity index (χ1) is 17.1. The smallest absolute Gasteiger partial charge is 0.264 e. The molecular formula is C29H34N4O2S. The van der Waals surface area contributed by atoms with Crippen LogP contribution >= 0.6 is 0 Å². The van der Waals surface area contributed by atoms with Crippen LogP contribution in [0.15, 0.2) is 83.8 Å². The summed E-state index contributed by atoms with van der Waals surface area (Å²) in [5.41, 5.74) is 3.67. The monoisotopic (exact) mass is 502 g/mol. The summed E-state index contributed by atoms with van der Waals surface area (Å²) >= 11 is 0. The summed E-state index contributed by atoms with van der Waals surface area (Å²) in [4.78, 5) is 7.84. The van der Waals surface area contributed by atoms with Crippen molar-refractivity contribution < 1.29 is 8.42 Å². The molecule has 1 aliphatic rings. The van der Waals surface area contributed by atoms with Crippen LogP contribution in [0, 0.1) is 0 Å². The van der Waals surface area contributed by atoms with E-state index in [2.05, 4.69) is 60.6 Å². The van der Waals surface area contributed by atoms with Gasteiger partial charge in [-0.05, 0) is 42.3 Å². The lowest BCUT2D eigenvalue weighted by molar-refractivity contribution is 0.314. The SMILES string of the molecule is CN(c1ccc2c(c1)nc(C(C)(C)C)n2C1CCN(Cc2ccccc2)C1)S(=O)(=O)c1ccccc1. The van der Waals surface area contributed by atoms with Crippen LogP contribution in [0.1, 0.15) is 44.6 Å². The number of hydrogen-bond acceptors (Lipinski definition) is 4. The van der Waals surface area contributed by atoms with Crippen molar-refractivity contribution in [3.8, 4) is 0 Å². The Morgan fingerprint density at radius 1 is 0.972 bits per heavy atom. The quantitative estimate of drug-likeness (QED) is 0.344. The Bertz CT molecular complexity index is 1460. The molecule has 4 aromatic rings. The largest absolute Gasteiger partial charge is 0.323 e. The Labute approximate surface area is 214 Å². The van der Waals surface area contributed by atoms with Gasteiger partial charge in [-0.15, -0.1) is 0 Å². The van der Waals surface area contributed by atoms with Crippen LogP contribution in [0.3, 0.4) is 0 Å². The molecule has 0 aliphatic carbocycles. The lowest BCUT2D eigenvalue weighted by Gasteiger charge is -2.25. The molecule has 0 amide bonds. The summed E-state index contributed by atoms with van der Waals surface area (Å²) in [6.07, 6.45) is 1.06. The van der Waals surface area contributed by atoms with Crippen LogP contribution in [-0.2, 0) is 22.0 Å². The number of likely N-dealkylation sites (tertiary alicyclic amines) is 1. The molecule has 5 rings (SSSR count). The molecule has 7 heteroatoms. The molecule has 0 bridgehead atoms. The summed E-state index contributed by atoms with van der Waals surface area (Å²) in [7, 11) is -2.05. The number of imidazole rings is 1. The second-order valence-corrected chi connectivity index (χ2v) is 12.6. The molecule has 1 atom stereocenters. The van der Waals surface area contributed by atoms with Crippen molar-refractivity contribution >= 4 is 26.7 Å². The number of benzene rings is 3. The van der Waals surface area contributed by atoms with Gasteiger partial charge in [0, 0.05) is 38.1 Å². The zero-order chi connectivity index (χ0) is 25.5. The maximum absolute atomic E-state index is 13.2. The Hall–Kier alpha value is -3.16. The first kappa shape index (κ1) is 24.5. The number of hydrogen-bond donors (Lipinski definition) is 0. The third kappa shape index (κ3) is 4.65. The van der Waals surface area contributed by atoms with Crippen LogP contribution in [0.4, 0.5) is 5.69 Å². The van der Waals surface area contributed by atoms with Crippen molar-refractivity contribution in [2.75, 3.05) is 24.4 Å². The average Bonchev–Trinajstić information content (AvgIpc) is 3.48. The standard InChI is InChI=1S/C29H34N4O2S/c1-29(2,3)28-30-26-19-23(31(4)36(34,35)25-13-9-6-10-14-25)15-16-27(26)33(28)24-17-18-32(21-24)20-22-11-7-5-8-12-22/h5-16,19,24H,17-18,20-21H2,1-4H3. The summed E-state index contributed by atoms with van der Waals surface area (Å²) < 4.78 is 30.1. The number of anilines is 1. The Morgan fingerprint density at radius 2 is 1.64 bits per heavy atom. The van der Waals surface area contributed by atoms with E-state index >= 15 is 0 Å². The van der Waals surface area contributed by atoms with Gasteiger partial charge in [-0.3, -0.25) is 9.21 Å². The highest BCUT2D eigenvalue weighted by Gasteiger charge is 2.32. The van der Waals surface area contributed by atoms with Gasteiger partial charge in [0.2, 0.25) is 0 Å². The summed E-state index contributed by atoms with van der Waals surface area (Å²) in [6.45, 7) is 9.52. The first-order valence-corrected chi connectivity index (χ1v) is 13.9. The molecule has 1 unspecified atom stereocenters. The van der Waals surface area contributed by atoms with Gasteiger partial charge in [0.25, 0.3) is 10.0 Å². The highest BCUT2D eigenvalue weighted by atomic mass is 32.2. The van der Waals surface area contributed by atoms with Gasteiger partial charge >= 0.3 is 0 Å². The summed E-state index contributed by atoms with van der Waals surface area (Å²) in [5.74, 6) is 1.04. The molecule has 0 saturated carbocycles. The topological polar surface area (TPSA) is 58.4 Å². The molecule has 188 valence electrons. The van der Waals surface area contributed by atoms with E-state index in [9.17, 15) is 8.42 Å². The number of sulfonamides is 1. The van der Waals surface area contributed by atoms with Gasteiger partial charge in [-0.25, -0.2) is 13.4 Å². The van der Waals surface area contributed by atoms with Gasteiger partial charge < -0.3 is 4.57 Å². The fourth-order valence-corrected chi connectivity index (χ4v) is 6.29. The van der Waals surface area contributed by atoms with E-state index in [1.165, 1.54) is 9.87 Å². The highest BCUT2D eigenvalue weighted by molar-refractivity contribution is 7.92. The van der Waals surface area contributed by atoms with Crippen LogP contribution in [-0.4, -0.2) is 43.0 Å². The van der Waals surface area contributed by atoms with E-state index in [1.807, 2.05) is 24.3 Å². The van der Waals surface area contributed by atoms with Gasteiger partial charge in [-0.1, -0.05) is 69.3 Å². The summed E-state index contributed by atoms with van der Waals surface area (Å²) in [6, 6.07) is 25.3. The van der Waals surface area contributed by atoms with Crippen molar-refractivity contribution in [3.05, 3.63) is 90.3 Å². The van der Waals surface area contributed by atoms with Gasteiger partial charge in [0.15, 0.2) is 0 Å². The second-order valence-electron chi connectivity index (χ2n) is 10.7. The summed E-state index contributed by atoms with van der Waals surface area (Å²) in [5, 5.41) is 0. The Morgan fingerprint density at radius 3 is 2.31 bits per heavy atom. The molecule has 0 N–H and O–H groups in total.